The molecule has 0 saturated carbocycles. The predicted molar refractivity (Wildman–Crippen MR) is 153 cm³/mol. The molecule has 37 heavy (non-hydrogen) atoms. The van der Waals surface area contributed by atoms with Crippen molar-refractivity contribution in [2.24, 2.45) is 0 Å². The number of carbonyl (C=O) groups is 3. The van der Waals surface area contributed by atoms with E-state index >= 15 is 0 Å². The van der Waals surface area contributed by atoms with Gasteiger partial charge in [-0.2, -0.15) is 0 Å². The number of hydrogen-bond acceptors (Lipinski definition) is 6. The molecular weight excluding hydrogens is 486 g/mol. The van der Waals surface area contributed by atoms with Crippen LogP contribution in [0.5, 0.6) is 0 Å². The first-order valence-electron chi connectivity index (χ1n) is 14.1. The molecule has 1 rings (SSSR count). The van der Waals surface area contributed by atoms with Crippen LogP contribution in [0.2, 0.25) is 0 Å². The van der Waals surface area contributed by atoms with Gasteiger partial charge in [0.05, 0.1) is 20.0 Å². The van der Waals surface area contributed by atoms with E-state index in [9.17, 15) is 14.4 Å². The van der Waals surface area contributed by atoms with Crippen LogP contribution in [0, 0.1) is 0 Å². The van der Waals surface area contributed by atoms with Crippen LogP contribution >= 0.6 is 11.8 Å². The highest BCUT2D eigenvalue weighted by atomic mass is 32.2. The molecule has 0 aliphatic heterocycles. The van der Waals surface area contributed by atoms with Crippen LogP contribution in [-0.2, 0) is 23.9 Å². The van der Waals surface area contributed by atoms with Crippen molar-refractivity contribution < 1.29 is 23.9 Å². The molecule has 0 radical (unpaired) electrons. The number of ether oxygens (including phenoxy) is 2. The van der Waals surface area contributed by atoms with Crippen LogP contribution in [0.3, 0.4) is 0 Å². The quantitative estimate of drug-likeness (QED) is 0.125. The Labute approximate surface area is 229 Å². The Balaban J connectivity index is 2.46. The van der Waals surface area contributed by atoms with Crippen molar-refractivity contribution in [1.29, 1.82) is 0 Å². The number of rotatable bonds is 22. The average Bonchev–Trinajstić information content (AvgIpc) is 2.92. The molecule has 210 valence electrons. The van der Waals surface area contributed by atoms with Gasteiger partial charge in [0, 0.05) is 11.7 Å². The van der Waals surface area contributed by atoms with Crippen molar-refractivity contribution >= 4 is 29.6 Å². The van der Waals surface area contributed by atoms with Crippen LogP contribution in [0.15, 0.2) is 30.3 Å². The summed E-state index contributed by atoms with van der Waals surface area (Å²) in [5, 5.41) is 3.32. The lowest BCUT2D eigenvalue weighted by Crippen LogP contribution is -2.35. The van der Waals surface area contributed by atoms with Crippen LogP contribution in [-0.4, -0.2) is 43.1 Å². The minimum atomic E-state index is -0.782. The molecule has 1 amide bonds. The number of esters is 2. The lowest BCUT2D eigenvalue weighted by molar-refractivity contribution is -0.145. The van der Waals surface area contributed by atoms with Crippen molar-refractivity contribution in [2.45, 2.75) is 115 Å². The lowest BCUT2D eigenvalue weighted by atomic mass is 10.0. The highest BCUT2D eigenvalue weighted by molar-refractivity contribution is 8.00. The number of benzene rings is 1. The summed E-state index contributed by atoms with van der Waals surface area (Å²) in [4.78, 5) is 36.3. The smallest absolute Gasteiger partial charge is 0.333 e. The number of unbranched alkanes of at least 4 members (excludes halogenated alkanes) is 10. The number of thioether (sulfide) groups is 1. The van der Waals surface area contributed by atoms with Crippen molar-refractivity contribution in [1.82, 2.24) is 5.32 Å². The fraction of sp³-hybridized carbons (Fsp3) is 0.700. The van der Waals surface area contributed by atoms with Crippen LogP contribution < -0.4 is 5.32 Å². The molecule has 0 aromatic heterocycles. The Kier molecular flexibility index (Phi) is 19.6. The SMILES string of the molecule is CCCCCCCCC(CCCCCCCCC(=O)OC)SCC(=O)N[C@H](C(=O)OC)c1ccccc1. The molecule has 0 aliphatic carbocycles. The molecule has 0 bridgehead atoms. The maximum absolute atomic E-state index is 12.8. The molecule has 1 aromatic carbocycles. The molecule has 2 atom stereocenters. The normalized spacial score (nSPS) is 12.5. The monoisotopic (exact) mass is 535 g/mol. The first-order valence-corrected chi connectivity index (χ1v) is 15.2. The zero-order valence-electron chi connectivity index (χ0n) is 23.3. The number of methoxy groups -OCH3 is 2. The zero-order valence-corrected chi connectivity index (χ0v) is 24.1. The topological polar surface area (TPSA) is 81.7 Å². The Morgan fingerprint density at radius 3 is 1.92 bits per heavy atom. The largest absolute Gasteiger partial charge is 0.469 e. The van der Waals surface area contributed by atoms with Crippen molar-refractivity contribution in [2.75, 3.05) is 20.0 Å². The minimum absolute atomic E-state index is 0.125. The van der Waals surface area contributed by atoms with Gasteiger partial charge in [-0.15, -0.1) is 11.8 Å². The number of carbonyl (C=O) groups excluding carboxylic acids is 3. The van der Waals surface area contributed by atoms with E-state index in [-0.39, 0.29) is 11.9 Å². The third-order valence-electron chi connectivity index (χ3n) is 6.59. The Morgan fingerprint density at radius 2 is 1.35 bits per heavy atom. The van der Waals surface area contributed by atoms with E-state index in [4.69, 9.17) is 4.74 Å². The third-order valence-corrected chi connectivity index (χ3v) is 7.96. The fourth-order valence-electron chi connectivity index (χ4n) is 4.35. The van der Waals surface area contributed by atoms with Gasteiger partial charge in [0.2, 0.25) is 5.91 Å². The molecule has 6 nitrogen and oxygen atoms in total. The molecule has 0 fully saturated rings. The van der Waals surface area contributed by atoms with Gasteiger partial charge in [-0.05, 0) is 24.8 Å². The molecule has 1 aromatic rings. The van der Waals surface area contributed by atoms with E-state index in [0.717, 1.165) is 44.1 Å². The molecular formula is C30H49NO5S. The molecule has 7 heteroatoms. The van der Waals surface area contributed by atoms with E-state index in [1.807, 2.05) is 30.3 Å². The van der Waals surface area contributed by atoms with E-state index in [1.54, 1.807) is 11.8 Å². The Hall–Kier alpha value is -2.02. The highest BCUT2D eigenvalue weighted by Crippen LogP contribution is 2.25. The van der Waals surface area contributed by atoms with Crippen LogP contribution in [0.25, 0.3) is 0 Å². The van der Waals surface area contributed by atoms with Gasteiger partial charge in [0.1, 0.15) is 0 Å². The van der Waals surface area contributed by atoms with Gasteiger partial charge in [0.25, 0.3) is 0 Å². The highest BCUT2D eigenvalue weighted by Gasteiger charge is 2.23. The van der Waals surface area contributed by atoms with Crippen molar-refractivity contribution in [3.63, 3.8) is 0 Å². The van der Waals surface area contributed by atoms with E-state index in [2.05, 4.69) is 17.0 Å². The third kappa shape index (κ3) is 16.4. The van der Waals surface area contributed by atoms with Gasteiger partial charge in [-0.1, -0.05) is 108 Å². The minimum Gasteiger partial charge on any atom is -0.469 e. The summed E-state index contributed by atoms with van der Waals surface area (Å²) < 4.78 is 9.61. The van der Waals surface area contributed by atoms with E-state index in [1.165, 1.54) is 65.6 Å². The van der Waals surface area contributed by atoms with Crippen LogP contribution in [0.1, 0.15) is 115 Å². The van der Waals surface area contributed by atoms with Crippen molar-refractivity contribution in [3.05, 3.63) is 35.9 Å². The second-order valence-electron chi connectivity index (χ2n) is 9.66. The molecule has 1 unspecified atom stereocenters. The van der Waals surface area contributed by atoms with Crippen LogP contribution in [0.4, 0.5) is 0 Å². The molecule has 0 spiro atoms. The van der Waals surface area contributed by atoms with E-state index in [0.29, 0.717) is 17.4 Å². The van der Waals surface area contributed by atoms with Gasteiger partial charge in [-0.3, -0.25) is 9.59 Å². The molecule has 0 heterocycles. The predicted octanol–water partition coefficient (Wildman–Crippen LogP) is 7.16. The number of hydrogen-bond donors (Lipinski definition) is 1. The summed E-state index contributed by atoms with van der Waals surface area (Å²) >= 11 is 1.72. The Bertz CT molecular complexity index is 743. The second-order valence-corrected chi connectivity index (χ2v) is 10.9. The lowest BCUT2D eigenvalue weighted by Gasteiger charge is -2.19. The number of nitrogens with one attached hydrogen (secondary N) is 1. The summed E-state index contributed by atoms with van der Waals surface area (Å²) in [7, 11) is 2.78. The maximum atomic E-state index is 12.8. The second kappa shape index (κ2) is 22.0. The summed E-state index contributed by atoms with van der Waals surface area (Å²) in [5.41, 5.74) is 0.725. The number of amides is 1. The van der Waals surface area contributed by atoms with Gasteiger partial charge >= 0.3 is 11.9 Å². The first-order chi connectivity index (χ1) is 18.0. The molecule has 0 saturated heterocycles. The summed E-state index contributed by atoms with van der Waals surface area (Å²) in [5.74, 6) is -0.378. The summed E-state index contributed by atoms with van der Waals surface area (Å²) in [6.45, 7) is 2.24. The van der Waals surface area contributed by atoms with Gasteiger partial charge in [-0.25, -0.2) is 4.79 Å². The van der Waals surface area contributed by atoms with Gasteiger partial charge < -0.3 is 14.8 Å². The summed E-state index contributed by atoms with van der Waals surface area (Å²) in [6.07, 6.45) is 17.0. The summed E-state index contributed by atoms with van der Waals surface area (Å²) in [6, 6.07) is 8.45. The molecule has 1 N–H and O–H groups in total. The maximum Gasteiger partial charge on any atom is 0.333 e. The van der Waals surface area contributed by atoms with E-state index < -0.39 is 12.0 Å². The van der Waals surface area contributed by atoms with Crippen molar-refractivity contribution in [3.8, 4) is 0 Å². The average molecular weight is 536 g/mol. The fourth-order valence-corrected chi connectivity index (χ4v) is 5.49. The Morgan fingerprint density at radius 1 is 0.784 bits per heavy atom. The zero-order chi connectivity index (χ0) is 27.1. The first kappa shape index (κ1) is 33.0. The standard InChI is InChI=1S/C30H49NO5S/c1-4-5-6-7-10-16-21-26(22-17-11-8-9-12-18-23-28(33)35-2)37-24-27(32)31-29(30(34)36-3)25-19-14-13-15-20-25/h13-15,19-20,26,29H,4-12,16-18,21-24H2,1-3H3,(H,31,32)/t26?,29-/m0/s1. The van der Waals surface area contributed by atoms with Gasteiger partial charge in [0.15, 0.2) is 6.04 Å². The molecule has 0 aliphatic rings.